The number of hydrogen-bond acceptors (Lipinski definition) is 6. The summed E-state index contributed by atoms with van der Waals surface area (Å²) in [4.78, 5) is 37.9. The van der Waals surface area contributed by atoms with Gasteiger partial charge in [-0.2, -0.15) is 0 Å². The Bertz CT molecular complexity index is 1510. The van der Waals surface area contributed by atoms with E-state index in [4.69, 9.17) is 14.2 Å². The second kappa shape index (κ2) is 56.1. The lowest BCUT2D eigenvalue weighted by molar-refractivity contribution is -0.167. The third kappa shape index (κ3) is 54.4. The molecule has 0 aliphatic rings. The van der Waals surface area contributed by atoms with E-state index in [-0.39, 0.29) is 31.1 Å². The fraction of sp³-hybridized carbons (Fsp3) is 0.603. The third-order valence-corrected chi connectivity index (χ3v) is 11.2. The standard InChI is InChI=1S/C63H100O6/c1-4-7-10-13-16-18-20-22-24-26-28-29-30-31-32-33-35-36-38-40-42-44-47-50-53-56-62(65)68-59-60(58-67-61(64)55-52-49-46-15-12-9-6-3)69-63(66)57-54-51-48-45-43-41-39-37-34-27-25-23-21-19-17-14-11-8-5-2/h7-8,10-11,16-19,22-25,28-29,31-32,34-37,40,42,60H,4-6,9,12-15,20-21,26-27,30,33,38-39,41,43-59H2,1-3H3/b10-7-,11-8-,18-16-,19-17-,24-22-,25-23-,29-28-,32-31-,36-35-,37-34-,42-40-. The van der Waals surface area contributed by atoms with Crippen LogP contribution in [0.1, 0.15) is 226 Å². The van der Waals surface area contributed by atoms with Crippen molar-refractivity contribution in [2.24, 2.45) is 0 Å². The lowest BCUT2D eigenvalue weighted by Crippen LogP contribution is -2.30. The van der Waals surface area contributed by atoms with Crippen LogP contribution < -0.4 is 0 Å². The lowest BCUT2D eigenvalue weighted by atomic mass is 10.1. The van der Waals surface area contributed by atoms with Gasteiger partial charge < -0.3 is 14.2 Å². The molecule has 0 aromatic carbocycles. The Balaban J connectivity index is 4.34. The highest BCUT2D eigenvalue weighted by Gasteiger charge is 2.19. The molecule has 0 spiro atoms. The maximum absolute atomic E-state index is 12.8. The highest BCUT2D eigenvalue weighted by Crippen LogP contribution is 2.13. The van der Waals surface area contributed by atoms with Crippen molar-refractivity contribution in [3.8, 4) is 0 Å². The van der Waals surface area contributed by atoms with Crippen LogP contribution in [0.15, 0.2) is 134 Å². The predicted molar refractivity (Wildman–Crippen MR) is 297 cm³/mol. The van der Waals surface area contributed by atoms with Gasteiger partial charge in [-0.1, -0.05) is 225 Å². The maximum atomic E-state index is 12.8. The molecule has 1 atom stereocenters. The van der Waals surface area contributed by atoms with Crippen molar-refractivity contribution in [2.75, 3.05) is 13.2 Å². The Hall–Kier alpha value is -4.45. The van der Waals surface area contributed by atoms with E-state index >= 15 is 0 Å². The van der Waals surface area contributed by atoms with E-state index in [0.29, 0.717) is 19.3 Å². The molecule has 0 aliphatic carbocycles. The van der Waals surface area contributed by atoms with Crippen molar-refractivity contribution in [3.63, 3.8) is 0 Å². The van der Waals surface area contributed by atoms with Gasteiger partial charge in [0.25, 0.3) is 0 Å². The number of unbranched alkanes of at least 4 members (excludes halogenated alkanes) is 15. The molecule has 1 unspecified atom stereocenters. The Labute approximate surface area is 424 Å². The summed E-state index contributed by atoms with van der Waals surface area (Å²) in [6, 6.07) is 0. The van der Waals surface area contributed by atoms with E-state index in [1.165, 1.54) is 38.5 Å². The molecule has 6 heteroatoms. The lowest BCUT2D eigenvalue weighted by Gasteiger charge is -2.18. The molecule has 0 saturated heterocycles. The number of carbonyl (C=O) groups excluding carboxylic acids is 3. The monoisotopic (exact) mass is 953 g/mol. The predicted octanol–water partition coefficient (Wildman–Crippen LogP) is 18.6. The molecule has 6 nitrogen and oxygen atoms in total. The number of carbonyl (C=O) groups is 3. The van der Waals surface area contributed by atoms with Gasteiger partial charge in [0.15, 0.2) is 6.10 Å². The average Bonchev–Trinajstić information content (AvgIpc) is 3.35. The molecule has 0 amide bonds. The molecule has 0 aromatic rings. The number of hydrogen-bond donors (Lipinski definition) is 0. The zero-order valence-corrected chi connectivity index (χ0v) is 44.3. The highest BCUT2D eigenvalue weighted by atomic mass is 16.6. The molecular formula is C63H100O6. The second-order valence-corrected chi connectivity index (χ2v) is 17.7. The van der Waals surface area contributed by atoms with Crippen molar-refractivity contribution in [1.29, 1.82) is 0 Å². The molecule has 0 bridgehead atoms. The van der Waals surface area contributed by atoms with Crippen molar-refractivity contribution in [3.05, 3.63) is 134 Å². The van der Waals surface area contributed by atoms with Crippen LogP contribution in [0.3, 0.4) is 0 Å². The maximum Gasteiger partial charge on any atom is 0.306 e. The smallest absolute Gasteiger partial charge is 0.306 e. The number of esters is 3. The van der Waals surface area contributed by atoms with E-state index in [9.17, 15) is 14.4 Å². The minimum Gasteiger partial charge on any atom is -0.462 e. The van der Waals surface area contributed by atoms with Crippen LogP contribution in [0.5, 0.6) is 0 Å². The molecule has 0 fully saturated rings. The van der Waals surface area contributed by atoms with Gasteiger partial charge in [0, 0.05) is 19.3 Å². The van der Waals surface area contributed by atoms with Gasteiger partial charge in [-0.25, -0.2) is 0 Å². The SMILES string of the molecule is CC/C=C\C/C=C\C/C=C\C/C=C\C/C=C\C/C=C\C/C=C\CCCCCC(=O)OCC(COC(=O)CCCCCCCCC)OC(=O)CCCCCCCC/C=C\C/C=C\C/C=C\C/C=C\CC. The first kappa shape index (κ1) is 64.5. The molecule has 0 aliphatic heterocycles. The van der Waals surface area contributed by atoms with Crippen LogP contribution in [0, 0.1) is 0 Å². The van der Waals surface area contributed by atoms with Crippen LogP contribution in [-0.2, 0) is 28.6 Å². The molecule has 69 heavy (non-hydrogen) atoms. The Morgan fingerprint density at radius 3 is 0.899 bits per heavy atom. The van der Waals surface area contributed by atoms with E-state index in [1.54, 1.807) is 0 Å². The summed E-state index contributed by atoms with van der Waals surface area (Å²) in [5.41, 5.74) is 0. The van der Waals surface area contributed by atoms with Gasteiger partial charge >= 0.3 is 17.9 Å². The normalized spacial score (nSPS) is 13.1. The van der Waals surface area contributed by atoms with Gasteiger partial charge in [-0.3, -0.25) is 14.4 Å². The van der Waals surface area contributed by atoms with E-state index < -0.39 is 6.10 Å². The largest absolute Gasteiger partial charge is 0.462 e. The summed E-state index contributed by atoms with van der Waals surface area (Å²) in [6.45, 7) is 6.31. The minimum absolute atomic E-state index is 0.0987. The number of ether oxygens (including phenoxy) is 3. The second-order valence-electron chi connectivity index (χ2n) is 17.7. The molecule has 0 saturated carbocycles. The molecule has 388 valence electrons. The van der Waals surface area contributed by atoms with Crippen LogP contribution in [0.4, 0.5) is 0 Å². The zero-order chi connectivity index (χ0) is 50.0. The summed E-state index contributed by atoms with van der Waals surface area (Å²) in [5.74, 6) is -0.961. The van der Waals surface area contributed by atoms with Crippen molar-refractivity contribution in [2.45, 2.75) is 232 Å². The topological polar surface area (TPSA) is 78.9 Å². The van der Waals surface area contributed by atoms with Crippen molar-refractivity contribution < 1.29 is 28.6 Å². The molecule has 0 aromatic heterocycles. The van der Waals surface area contributed by atoms with Gasteiger partial charge in [0.05, 0.1) is 0 Å². The number of rotatable bonds is 48. The van der Waals surface area contributed by atoms with E-state index in [0.717, 1.165) is 148 Å². The summed E-state index contributed by atoms with van der Waals surface area (Å²) in [5, 5.41) is 0. The summed E-state index contributed by atoms with van der Waals surface area (Å²) in [7, 11) is 0. The van der Waals surface area contributed by atoms with E-state index in [2.05, 4.69) is 154 Å². The highest BCUT2D eigenvalue weighted by molar-refractivity contribution is 5.71. The summed E-state index contributed by atoms with van der Waals surface area (Å²) < 4.78 is 16.7. The molecule has 0 heterocycles. The van der Waals surface area contributed by atoms with Gasteiger partial charge in [-0.05, 0) is 116 Å². The Morgan fingerprint density at radius 1 is 0.304 bits per heavy atom. The van der Waals surface area contributed by atoms with Gasteiger partial charge in [0.1, 0.15) is 13.2 Å². The molecular weight excluding hydrogens is 853 g/mol. The molecule has 0 rings (SSSR count). The summed E-state index contributed by atoms with van der Waals surface area (Å²) >= 11 is 0. The fourth-order valence-electron chi connectivity index (χ4n) is 7.06. The summed E-state index contributed by atoms with van der Waals surface area (Å²) in [6.07, 6.45) is 78.8. The van der Waals surface area contributed by atoms with Crippen LogP contribution in [-0.4, -0.2) is 37.2 Å². The van der Waals surface area contributed by atoms with Crippen LogP contribution in [0.2, 0.25) is 0 Å². The third-order valence-electron chi connectivity index (χ3n) is 11.2. The average molecular weight is 953 g/mol. The first-order valence-corrected chi connectivity index (χ1v) is 27.7. The van der Waals surface area contributed by atoms with Crippen molar-refractivity contribution >= 4 is 17.9 Å². The van der Waals surface area contributed by atoms with Crippen molar-refractivity contribution in [1.82, 2.24) is 0 Å². The first-order valence-electron chi connectivity index (χ1n) is 27.7. The molecule has 0 N–H and O–H groups in total. The molecule has 0 radical (unpaired) electrons. The van der Waals surface area contributed by atoms with Gasteiger partial charge in [-0.15, -0.1) is 0 Å². The Kier molecular flexibility index (Phi) is 52.5. The van der Waals surface area contributed by atoms with E-state index in [1.807, 2.05) is 0 Å². The minimum atomic E-state index is -0.802. The quantitative estimate of drug-likeness (QED) is 0.0262. The first-order chi connectivity index (χ1) is 34.0. The fourth-order valence-corrected chi connectivity index (χ4v) is 7.06. The van der Waals surface area contributed by atoms with Gasteiger partial charge in [0.2, 0.25) is 0 Å². The zero-order valence-electron chi connectivity index (χ0n) is 44.3. The Morgan fingerprint density at radius 2 is 0.565 bits per heavy atom. The van der Waals surface area contributed by atoms with Crippen LogP contribution in [0.25, 0.3) is 0 Å². The number of allylic oxidation sites excluding steroid dienone is 22. The van der Waals surface area contributed by atoms with Crippen LogP contribution >= 0.6 is 0 Å².